The van der Waals surface area contributed by atoms with Crippen LogP contribution in [0.25, 0.3) is 11.3 Å². The molecule has 0 aliphatic heterocycles. The predicted octanol–water partition coefficient (Wildman–Crippen LogP) is 2.15. The topological polar surface area (TPSA) is 38.9 Å². The molecule has 2 heteroatoms. The van der Waals surface area contributed by atoms with Crippen LogP contribution in [-0.4, -0.2) is 11.5 Å². The molecule has 0 fully saturated rings. The number of nitrogens with zero attached hydrogens (tertiary/aromatic N) is 1. The molecule has 2 N–H and O–H groups in total. The number of rotatable bonds is 1. The minimum atomic E-state index is 0.324. The van der Waals surface area contributed by atoms with E-state index in [-0.39, 0.29) is 0 Å². The summed E-state index contributed by atoms with van der Waals surface area (Å²) in [5.74, 6) is 0.324. The molecule has 0 saturated carbocycles. The van der Waals surface area contributed by atoms with Crippen LogP contribution < -0.4 is 5.73 Å². The van der Waals surface area contributed by atoms with E-state index in [9.17, 15) is 0 Å². The van der Waals surface area contributed by atoms with Crippen molar-refractivity contribution in [3.8, 4) is 11.3 Å². The number of nitrogens with two attached hydrogens (primary N) is 1. The zero-order chi connectivity index (χ0) is 10.3. The van der Waals surface area contributed by atoms with Gasteiger partial charge < -0.3 is 5.73 Å². The van der Waals surface area contributed by atoms with Gasteiger partial charge in [0.1, 0.15) is 0 Å². The van der Waals surface area contributed by atoms with Gasteiger partial charge in [-0.25, -0.2) is 0 Å². The third-order valence-corrected chi connectivity index (χ3v) is 3.04. The van der Waals surface area contributed by atoms with Crippen LogP contribution in [0.2, 0.25) is 0 Å². The average Bonchev–Trinajstić information content (AvgIpc) is 2.63. The van der Waals surface area contributed by atoms with E-state index in [0.717, 1.165) is 5.69 Å². The Bertz CT molecular complexity index is 460. The summed E-state index contributed by atoms with van der Waals surface area (Å²) < 4.78 is 0. The number of fused-ring (bicyclic) bond motifs is 3. The predicted molar refractivity (Wildman–Crippen MR) is 60.6 cm³/mol. The average molecular weight is 196 g/mol. The van der Waals surface area contributed by atoms with Crippen molar-refractivity contribution < 1.29 is 0 Å². The maximum atomic E-state index is 5.84. The first-order valence-electron chi connectivity index (χ1n) is 5.16. The van der Waals surface area contributed by atoms with Crippen molar-refractivity contribution in [1.29, 1.82) is 0 Å². The van der Waals surface area contributed by atoms with Crippen molar-refractivity contribution in [3.05, 3.63) is 53.7 Å². The van der Waals surface area contributed by atoms with Crippen molar-refractivity contribution in [1.82, 2.24) is 4.98 Å². The fraction of sp³-hybridized carbons (Fsp3) is 0.154. The van der Waals surface area contributed by atoms with Gasteiger partial charge in [-0.3, -0.25) is 4.98 Å². The lowest BCUT2D eigenvalue weighted by molar-refractivity contribution is 0.839. The standard InChI is InChI=1S/C13H12N2/c14-8-12-9-4-1-2-5-10(9)13-11(12)6-3-7-15-13/h1-7,12H,8,14H2. The molecule has 2 nitrogen and oxygen atoms in total. The second-order valence-corrected chi connectivity index (χ2v) is 3.82. The molecule has 0 radical (unpaired) electrons. The van der Waals surface area contributed by atoms with Crippen LogP contribution in [-0.2, 0) is 0 Å². The molecular weight excluding hydrogens is 184 g/mol. The first-order valence-corrected chi connectivity index (χ1v) is 5.16. The van der Waals surface area contributed by atoms with Crippen LogP contribution in [0.5, 0.6) is 0 Å². The quantitative estimate of drug-likeness (QED) is 0.759. The third-order valence-electron chi connectivity index (χ3n) is 3.04. The van der Waals surface area contributed by atoms with Crippen molar-refractivity contribution >= 4 is 0 Å². The minimum absolute atomic E-state index is 0.324. The summed E-state index contributed by atoms with van der Waals surface area (Å²) >= 11 is 0. The summed E-state index contributed by atoms with van der Waals surface area (Å²) in [4.78, 5) is 4.44. The van der Waals surface area contributed by atoms with Crippen LogP contribution in [0.1, 0.15) is 17.0 Å². The van der Waals surface area contributed by atoms with Gasteiger partial charge in [-0.05, 0) is 17.2 Å². The Labute approximate surface area is 88.8 Å². The van der Waals surface area contributed by atoms with Gasteiger partial charge in [-0.2, -0.15) is 0 Å². The van der Waals surface area contributed by atoms with E-state index in [1.165, 1.54) is 16.7 Å². The highest BCUT2D eigenvalue weighted by Gasteiger charge is 2.27. The molecule has 1 aromatic carbocycles. The molecule has 1 heterocycles. The van der Waals surface area contributed by atoms with Gasteiger partial charge in [0.15, 0.2) is 0 Å². The highest BCUT2D eigenvalue weighted by molar-refractivity contribution is 5.75. The highest BCUT2D eigenvalue weighted by atomic mass is 14.7. The molecule has 0 amide bonds. The van der Waals surface area contributed by atoms with E-state index >= 15 is 0 Å². The fourth-order valence-corrected chi connectivity index (χ4v) is 2.36. The normalized spacial score (nSPS) is 17.3. The lowest BCUT2D eigenvalue weighted by atomic mass is 9.98. The zero-order valence-corrected chi connectivity index (χ0v) is 8.35. The summed E-state index contributed by atoms with van der Waals surface area (Å²) in [6.45, 7) is 0.649. The second-order valence-electron chi connectivity index (χ2n) is 3.82. The van der Waals surface area contributed by atoms with Crippen LogP contribution in [0.4, 0.5) is 0 Å². The van der Waals surface area contributed by atoms with Crippen molar-refractivity contribution in [2.75, 3.05) is 6.54 Å². The maximum Gasteiger partial charge on any atom is 0.0743 e. The number of benzene rings is 1. The lowest BCUT2D eigenvalue weighted by Crippen LogP contribution is -2.11. The van der Waals surface area contributed by atoms with Gasteiger partial charge in [0.25, 0.3) is 0 Å². The number of pyridine rings is 1. The van der Waals surface area contributed by atoms with E-state index < -0.39 is 0 Å². The van der Waals surface area contributed by atoms with Crippen LogP contribution >= 0.6 is 0 Å². The van der Waals surface area contributed by atoms with E-state index in [1.54, 1.807) is 0 Å². The van der Waals surface area contributed by atoms with Gasteiger partial charge in [-0.1, -0.05) is 30.3 Å². The maximum absolute atomic E-state index is 5.84. The molecule has 0 bridgehead atoms. The molecule has 0 saturated heterocycles. The molecule has 1 unspecified atom stereocenters. The van der Waals surface area contributed by atoms with Crippen LogP contribution in [0, 0.1) is 0 Å². The van der Waals surface area contributed by atoms with E-state index in [4.69, 9.17) is 5.73 Å². The minimum Gasteiger partial charge on any atom is -0.330 e. The molecule has 0 spiro atoms. The van der Waals surface area contributed by atoms with E-state index in [0.29, 0.717) is 12.5 Å². The van der Waals surface area contributed by atoms with Crippen molar-refractivity contribution in [2.24, 2.45) is 5.73 Å². The first kappa shape index (κ1) is 8.62. The summed E-state index contributed by atoms with van der Waals surface area (Å²) in [7, 11) is 0. The molecule has 1 aliphatic carbocycles. The molecule has 3 rings (SSSR count). The molecule has 1 atom stereocenters. The van der Waals surface area contributed by atoms with Crippen molar-refractivity contribution in [3.63, 3.8) is 0 Å². The largest absolute Gasteiger partial charge is 0.330 e. The van der Waals surface area contributed by atoms with Gasteiger partial charge >= 0.3 is 0 Å². The first-order chi connectivity index (χ1) is 7.42. The van der Waals surface area contributed by atoms with Crippen LogP contribution in [0.3, 0.4) is 0 Å². The Balaban J connectivity index is 2.31. The smallest absolute Gasteiger partial charge is 0.0743 e. The molecule has 74 valence electrons. The van der Waals surface area contributed by atoms with E-state index in [1.807, 2.05) is 12.3 Å². The molecule has 2 aromatic rings. The number of hydrogen-bond acceptors (Lipinski definition) is 2. The number of aromatic nitrogens is 1. The number of hydrogen-bond donors (Lipinski definition) is 1. The molecule has 1 aromatic heterocycles. The van der Waals surface area contributed by atoms with Gasteiger partial charge in [-0.15, -0.1) is 0 Å². The Morgan fingerprint density at radius 2 is 1.87 bits per heavy atom. The highest BCUT2D eigenvalue weighted by Crippen LogP contribution is 2.42. The van der Waals surface area contributed by atoms with E-state index in [2.05, 4.69) is 35.3 Å². The Morgan fingerprint density at radius 1 is 1.07 bits per heavy atom. The van der Waals surface area contributed by atoms with Gasteiger partial charge in [0.2, 0.25) is 0 Å². The summed E-state index contributed by atoms with van der Waals surface area (Å²) in [5, 5.41) is 0. The molecule has 1 aliphatic rings. The van der Waals surface area contributed by atoms with Gasteiger partial charge in [0, 0.05) is 24.2 Å². The Kier molecular flexibility index (Phi) is 1.82. The Hall–Kier alpha value is -1.67. The monoisotopic (exact) mass is 196 g/mol. The van der Waals surface area contributed by atoms with Gasteiger partial charge in [0.05, 0.1) is 5.69 Å². The summed E-state index contributed by atoms with van der Waals surface area (Å²) in [6, 6.07) is 12.5. The summed E-state index contributed by atoms with van der Waals surface area (Å²) in [5.41, 5.74) is 10.8. The van der Waals surface area contributed by atoms with Crippen molar-refractivity contribution in [2.45, 2.75) is 5.92 Å². The fourth-order valence-electron chi connectivity index (χ4n) is 2.36. The van der Waals surface area contributed by atoms with Crippen LogP contribution in [0.15, 0.2) is 42.6 Å². The molecule has 15 heavy (non-hydrogen) atoms. The lowest BCUT2D eigenvalue weighted by Gasteiger charge is -2.08. The second kappa shape index (κ2) is 3.17. The summed E-state index contributed by atoms with van der Waals surface area (Å²) in [6.07, 6.45) is 1.84. The Morgan fingerprint density at radius 3 is 2.73 bits per heavy atom. The SMILES string of the molecule is NCC1c2ccccc2-c2ncccc21. The third kappa shape index (κ3) is 1.12. The molecular formula is C13H12N2. The zero-order valence-electron chi connectivity index (χ0n) is 8.35.